The number of aliphatic hydroxyl groups is 2. The molecule has 0 unspecified atom stereocenters. The molecule has 0 aliphatic rings. The van der Waals surface area contributed by atoms with E-state index in [1.165, 1.54) is 6.07 Å². The number of carboxylic acids is 1. The summed E-state index contributed by atoms with van der Waals surface area (Å²) in [6.07, 6.45) is 0. The molecule has 1 aromatic carbocycles. The Labute approximate surface area is 109 Å². The van der Waals surface area contributed by atoms with Crippen molar-refractivity contribution in [3.8, 4) is 0 Å². The van der Waals surface area contributed by atoms with E-state index in [0.717, 1.165) is 10.8 Å². The van der Waals surface area contributed by atoms with Crippen molar-refractivity contribution in [2.75, 3.05) is 18.5 Å². The Morgan fingerprint density at radius 2 is 1.95 bits per heavy atom. The molecule has 6 nitrogen and oxygen atoms in total. The summed E-state index contributed by atoms with van der Waals surface area (Å²) >= 11 is 0. The van der Waals surface area contributed by atoms with Crippen LogP contribution in [-0.4, -0.2) is 45.5 Å². The van der Waals surface area contributed by atoms with Gasteiger partial charge in [-0.15, -0.1) is 0 Å². The maximum absolute atomic E-state index is 11.0. The van der Waals surface area contributed by atoms with Crippen molar-refractivity contribution in [2.24, 2.45) is 0 Å². The predicted molar refractivity (Wildman–Crippen MR) is 70.3 cm³/mol. The largest absolute Gasteiger partial charge is 0.477 e. The van der Waals surface area contributed by atoms with Crippen molar-refractivity contribution in [2.45, 2.75) is 6.04 Å². The molecule has 0 saturated carbocycles. The highest BCUT2D eigenvalue weighted by Crippen LogP contribution is 2.23. The molecule has 0 fully saturated rings. The van der Waals surface area contributed by atoms with Crippen LogP contribution < -0.4 is 5.32 Å². The molecule has 0 bridgehead atoms. The lowest BCUT2D eigenvalue weighted by molar-refractivity contribution is 0.0691. The van der Waals surface area contributed by atoms with E-state index in [-0.39, 0.29) is 18.9 Å². The third kappa shape index (κ3) is 2.81. The van der Waals surface area contributed by atoms with E-state index in [2.05, 4.69) is 10.3 Å². The molecule has 6 heteroatoms. The van der Waals surface area contributed by atoms with Gasteiger partial charge in [0.25, 0.3) is 0 Å². The highest BCUT2D eigenvalue weighted by atomic mass is 16.4. The van der Waals surface area contributed by atoms with Crippen LogP contribution in [0.5, 0.6) is 0 Å². The number of nitrogens with zero attached hydrogens (tertiary/aromatic N) is 1. The van der Waals surface area contributed by atoms with Gasteiger partial charge < -0.3 is 20.6 Å². The number of hydrogen-bond acceptors (Lipinski definition) is 5. The standard InChI is InChI=1S/C13H14N2O4/c16-6-9(7-17)14-12-10-4-2-1-3-8(10)5-11(15-12)13(18)19/h1-5,9,16-17H,6-7H2,(H,14,15)(H,18,19). The zero-order chi connectivity index (χ0) is 13.8. The molecule has 0 aliphatic heterocycles. The average molecular weight is 262 g/mol. The Morgan fingerprint density at radius 1 is 1.26 bits per heavy atom. The number of pyridine rings is 1. The summed E-state index contributed by atoms with van der Waals surface area (Å²) in [6.45, 7) is -0.548. The molecule has 100 valence electrons. The number of aromatic carboxylic acids is 1. The van der Waals surface area contributed by atoms with Gasteiger partial charge in [-0.2, -0.15) is 0 Å². The molecule has 4 N–H and O–H groups in total. The Balaban J connectivity index is 2.53. The molecule has 1 heterocycles. The van der Waals surface area contributed by atoms with Crippen LogP contribution in [0.3, 0.4) is 0 Å². The van der Waals surface area contributed by atoms with Crippen molar-refractivity contribution in [3.05, 3.63) is 36.0 Å². The first-order valence-electron chi connectivity index (χ1n) is 5.77. The molecule has 2 rings (SSSR count). The van der Waals surface area contributed by atoms with Gasteiger partial charge in [0.2, 0.25) is 0 Å². The molecule has 0 atom stereocenters. The van der Waals surface area contributed by atoms with E-state index in [4.69, 9.17) is 15.3 Å². The molecule has 2 aromatic rings. The third-order valence-electron chi connectivity index (χ3n) is 2.74. The zero-order valence-corrected chi connectivity index (χ0v) is 10.1. The van der Waals surface area contributed by atoms with Crippen LogP contribution >= 0.6 is 0 Å². The first-order chi connectivity index (χ1) is 9.15. The van der Waals surface area contributed by atoms with Crippen LogP contribution in [0, 0.1) is 0 Å². The van der Waals surface area contributed by atoms with Gasteiger partial charge in [0.15, 0.2) is 5.69 Å². The maximum Gasteiger partial charge on any atom is 0.354 e. The topological polar surface area (TPSA) is 103 Å². The lowest BCUT2D eigenvalue weighted by Gasteiger charge is -2.16. The van der Waals surface area contributed by atoms with E-state index < -0.39 is 12.0 Å². The summed E-state index contributed by atoms with van der Waals surface area (Å²) in [4.78, 5) is 15.0. The molecule has 1 aromatic heterocycles. The third-order valence-corrected chi connectivity index (χ3v) is 2.74. The molecular formula is C13H14N2O4. The minimum Gasteiger partial charge on any atom is -0.477 e. The maximum atomic E-state index is 11.0. The number of carbonyl (C=O) groups is 1. The first kappa shape index (κ1) is 13.3. The number of rotatable bonds is 5. The highest BCUT2D eigenvalue weighted by molar-refractivity contribution is 5.97. The van der Waals surface area contributed by atoms with Gasteiger partial charge in [0.1, 0.15) is 5.82 Å². The van der Waals surface area contributed by atoms with Crippen molar-refractivity contribution in [1.82, 2.24) is 4.98 Å². The van der Waals surface area contributed by atoms with Crippen molar-refractivity contribution < 1.29 is 20.1 Å². The summed E-state index contributed by atoms with van der Waals surface area (Å²) in [7, 11) is 0. The van der Waals surface area contributed by atoms with E-state index in [1.54, 1.807) is 18.2 Å². The number of aromatic nitrogens is 1. The summed E-state index contributed by atoms with van der Waals surface area (Å²) < 4.78 is 0. The monoisotopic (exact) mass is 262 g/mol. The van der Waals surface area contributed by atoms with Crippen LogP contribution in [0.25, 0.3) is 10.8 Å². The van der Waals surface area contributed by atoms with Gasteiger partial charge in [-0.25, -0.2) is 9.78 Å². The minimum absolute atomic E-state index is 0.0872. The van der Waals surface area contributed by atoms with Crippen LogP contribution in [0.2, 0.25) is 0 Å². The van der Waals surface area contributed by atoms with Gasteiger partial charge in [-0.1, -0.05) is 24.3 Å². The van der Waals surface area contributed by atoms with E-state index in [9.17, 15) is 4.79 Å². The summed E-state index contributed by atoms with van der Waals surface area (Å²) in [5.41, 5.74) is -0.0872. The first-order valence-corrected chi connectivity index (χ1v) is 5.77. The number of aliphatic hydroxyl groups excluding tert-OH is 2. The fraction of sp³-hybridized carbons (Fsp3) is 0.231. The minimum atomic E-state index is -1.13. The average Bonchev–Trinajstić information content (AvgIpc) is 2.44. The molecule has 0 spiro atoms. The molecule has 0 radical (unpaired) electrons. The second-order valence-corrected chi connectivity index (χ2v) is 4.09. The van der Waals surface area contributed by atoms with Gasteiger partial charge in [0.05, 0.1) is 19.3 Å². The lowest BCUT2D eigenvalue weighted by Crippen LogP contribution is -2.28. The van der Waals surface area contributed by atoms with E-state index in [1.807, 2.05) is 6.07 Å². The normalized spacial score (nSPS) is 10.9. The zero-order valence-electron chi connectivity index (χ0n) is 10.1. The second kappa shape index (κ2) is 5.64. The molecule has 0 aliphatic carbocycles. The van der Waals surface area contributed by atoms with Crippen molar-refractivity contribution in [1.29, 1.82) is 0 Å². The van der Waals surface area contributed by atoms with Gasteiger partial charge in [-0.05, 0) is 11.5 Å². The van der Waals surface area contributed by atoms with Crippen molar-refractivity contribution >= 4 is 22.6 Å². The van der Waals surface area contributed by atoms with E-state index >= 15 is 0 Å². The lowest BCUT2D eigenvalue weighted by atomic mass is 10.1. The van der Waals surface area contributed by atoms with Crippen LogP contribution in [0.15, 0.2) is 30.3 Å². The molecule has 0 saturated heterocycles. The number of hydrogen-bond donors (Lipinski definition) is 4. The molecular weight excluding hydrogens is 248 g/mol. The summed E-state index contributed by atoms with van der Waals surface area (Å²) in [5, 5.41) is 31.5. The smallest absolute Gasteiger partial charge is 0.354 e. The number of benzene rings is 1. The van der Waals surface area contributed by atoms with Crippen LogP contribution in [0.4, 0.5) is 5.82 Å². The van der Waals surface area contributed by atoms with E-state index in [0.29, 0.717) is 5.82 Å². The second-order valence-electron chi connectivity index (χ2n) is 4.09. The quantitative estimate of drug-likeness (QED) is 0.632. The Kier molecular flexibility index (Phi) is 3.94. The Hall–Kier alpha value is -2.18. The van der Waals surface area contributed by atoms with Gasteiger partial charge >= 0.3 is 5.97 Å². The predicted octanol–water partition coefficient (Wildman–Crippen LogP) is 0.698. The fourth-order valence-corrected chi connectivity index (χ4v) is 1.76. The summed E-state index contributed by atoms with van der Waals surface area (Å²) in [6, 6.07) is 8.08. The molecule has 0 amide bonds. The van der Waals surface area contributed by atoms with Crippen LogP contribution in [-0.2, 0) is 0 Å². The Morgan fingerprint density at radius 3 is 2.58 bits per heavy atom. The van der Waals surface area contributed by atoms with Gasteiger partial charge in [-0.3, -0.25) is 0 Å². The number of anilines is 1. The van der Waals surface area contributed by atoms with Crippen LogP contribution in [0.1, 0.15) is 10.5 Å². The number of fused-ring (bicyclic) bond motifs is 1. The molecule has 19 heavy (non-hydrogen) atoms. The summed E-state index contributed by atoms with van der Waals surface area (Å²) in [5.74, 6) is -0.790. The van der Waals surface area contributed by atoms with Crippen molar-refractivity contribution in [3.63, 3.8) is 0 Å². The fourth-order valence-electron chi connectivity index (χ4n) is 1.76. The number of carboxylic acid groups (broad SMARTS) is 1. The SMILES string of the molecule is O=C(O)c1cc2ccccc2c(NC(CO)CO)n1. The Bertz CT molecular complexity index is 596. The van der Waals surface area contributed by atoms with Gasteiger partial charge in [0, 0.05) is 5.39 Å². The highest BCUT2D eigenvalue weighted by Gasteiger charge is 2.13. The number of nitrogens with one attached hydrogen (secondary N) is 1.